The Morgan fingerprint density at radius 3 is 2.35 bits per heavy atom. The third-order valence-corrected chi connectivity index (χ3v) is 5.22. The van der Waals surface area contributed by atoms with Crippen molar-refractivity contribution in [3.8, 4) is 0 Å². The topological polar surface area (TPSA) is 18.5 Å². The Kier molecular flexibility index (Phi) is 4.76. The Labute approximate surface area is 130 Å². The van der Waals surface area contributed by atoms with E-state index in [0.29, 0.717) is 6.04 Å². The first-order valence-electron chi connectivity index (χ1n) is 7.65. The predicted molar refractivity (Wildman–Crippen MR) is 87.1 cm³/mol. The fraction of sp³-hybridized carbons (Fsp3) is 0.625. The van der Waals surface area contributed by atoms with Crippen molar-refractivity contribution in [3.63, 3.8) is 0 Å². The molecule has 0 aliphatic carbocycles. The molecule has 1 unspecified atom stereocenters. The second kappa shape index (κ2) is 6.56. The van der Waals surface area contributed by atoms with Crippen molar-refractivity contribution >= 4 is 15.9 Å². The Morgan fingerprint density at radius 1 is 1.15 bits per heavy atom. The highest BCUT2D eigenvalue weighted by atomic mass is 79.9. The number of rotatable bonds is 4. The largest absolute Gasteiger partial charge is 0.314 e. The van der Waals surface area contributed by atoms with Gasteiger partial charge in [-0.25, -0.2) is 0 Å². The normalized spacial score (nSPS) is 23.5. The van der Waals surface area contributed by atoms with Crippen molar-refractivity contribution in [3.05, 3.63) is 34.3 Å². The van der Waals surface area contributed by atoms with Crippen LogP contribution in [0.4, 0.5) is 0 Å². The van der Waals surface area contributed by atoms with E-state index in [1.807, 2.05) is 0 Å². The number of hydrogen-bond donors (Lipinski definition) is 1. The molecule has 2 heterocycles. The van der Waals surface area contributed by atoms with Crippen LogP contribution in [0.3, 0.4) is 0 Å². The van der Waals surface area contributed by atoms with Crippen LogP contribution in [-0.2, 0) is 6.42 Å². The zero-order chi connectivity index (χ0) is 13.9. The van der Waals surface area contributed by atoms with Gasteiger partial charge in [-0.05, 0) is 31.0 Å². The standard InChI is InChI=1S/C16H24BrN3/c1-13(10-14-2-4-15(17)5-3-14)19-6-8-20(9-7-19)16-11-18-12-16/h2-5,13,16,18H,6-12H2,1H3. The van der Waals surface area contributed by atoms with Crippen molar-refractivity contribution in [2.24, 2.45) is 0 Å². The second-order valence-corrected chi connectivity index (χ2v) is 6.98. The fourth-order valence-electron chi connectivity index (χ4n) is 3.17. The highest BCUT2D eigenvalue weighted by Crippen LogP contribution is 2.16. The molecule has 0 radical (unpaired) electrons. The number of nitrogens with one attached hydrogen (secondary N) is 1. The predicted octanol–water partition coefficient (Wildman–Crippen LogP) is 1.97. The van der Waals surface area contributed by atoms with Gasteiger partial charge in [-0.2, -0.15) is 0 Å². The van der Waals surface area contributed by atoms with Gasteiger partial charge in [0.05, 0.1) is 0 Å². The molecule has 2 aliphatic heterocycles. The molecule has 0 saturated carbocycles. The molecule has 2 fully saturated rings. The molecule has 1 N–H and O–H groups in total. The van der Waals surface area contributed by atoms with Crippen LogP contribution < -0.4 is 5.32 Å². The Balaban J connectivity index is 1.48. The first-order chi connectivity index (χ1) is 9.72. The van der Waals surface area contributed by atoms with Gasteiger partial charge in [0.25, 0.3) is 0 Å². The molecule has 0 aromatic heterocycles. The SMILES string of the molecule is CC(Cc1ccc(Br)cc1)N1CCN(C2CNC2)CC1. The molecule has 3 rings (SSSR count). The number of nitrogens with zero attached hydrogens (tertiary/aromatic N) is 2. The Hall–Kier alpha value is -0.420. The lowest BCUT2D eigenvalue weighted by molar-refractivity contribution is 0.0555. The average Bonchev–Trinajstić information content (AvgIpc) is 2.40. The lowest BCUT2D eigenvalue weighted by atomic mass is 10.0. The highest BCUT2D eigenvalue weighted by molar-refractivity contribution is 9.10. The quantitative estimate of drug-likeness (QED) is 0.906. The van der Waals surface area contributed by atoms with E-state index < -0.39 is 0 Å². The molecule has 4 heteroatoms. The number of halogens is 1. The molecule has 2 aliphatic rings. The van der Waals surface area contributed by atoms with Gasteiger partial charge in [-0.3, -0.25) is 9.80 Å². The van der Waals surface area contributed by atoms with Crippen LogP contribution in [0.5, 0.6) is 0 Å². The molecular weight excluding hydrogens is 314 g/mol. The summed E-state index contributed by atoms with van der Waals surface area (Å²) in [4.78, 5) is 5.30. The van der Waals surface area contributed by atoms with E-state index in [0.717, 1.165) is 16.9 Å². The minimum absolute atomic E-state index is 0.637. The minimum atomic E-state index is 0.637. The molecule has 1 aromatic rings. The van der Waals surface area contributed by atoms with Crippen LogP contribution >= 0.6 is 15.9 Å². The summed E-state index contributed by atoms with van der Waals surface area (Å²) >= 11 is 3.50. The molecule has 3 nitrogen and oxygen atoms in total. The number of piperazine rings is 1. The first kappa shape index (κ1) is 14.5. The van der Waals surface area contributed by atoms with E-state index >= 15 is 0 Å². The smallest absolute Gasteiger partial charge is 0.0346 e. The van der Waals surface area contributed by atoms with Crippen LogP contribution in [0.15, 0.2) is 28.7 Å². The zero-order valence-corrected chi connectivity index (χ0v) is 13.8. The van der Waals surface area contributed by atoms with E-state index in [9.17, 15) is 0 Å². The van der Waals surface area contributed by atoms with Crippen molar-refractivity contribution < 1.29 is 0 Å². The average molecular weight is 338 g/mol. The van der Waals surface area contributed by atoms with E-state index in [-0.39, 0.29) is 0 Å². The fourth-order valence-corrected chi connectivity index (χ4v) is 3.43. The second-order valence-electron chi connectivity index (χ2n) is 6.06. The zero-order valence-electron chi connectivity index (χ0n) is 12.2. The van der Waals surface area contributed by atoms with Crippen molar-refractivity contribution in [1.82, 2.24) is 15.1 Å². The summed E-state index contributed by atoms with van der Waals surface area (Å²) < 4.78 is 1.16. The summed E-state index contributed by atoms with van der Waals surface area (Å²) in [5, 5.41) is 3.37. The molecule has 2 saturated heterocycles. The van der Waals surface area contributed by atoms with Crippen molar-refractivity contribution in [2.45, 2.75) is 25.4 Å². The van der Waals surface area contributed by atoms with Crippen LogP contribution in [0.1, 0.15) is 12.5 Å². The summed E-state index contributed by atoms with van der Waals surface area (Å²) in [6.07, 6.45) is 1.15. The first-order valence-corrected chi connectivity index (χ1v) is 8.45. The monoisotopic (exact) mass is 337 g/mol. The summed E-state index contributed by atoms with van der Waals surface area (Å²) in [5.74, 6) is 0. The van der Waals surface area contributed by atoms with Gasteiger partial charge in [0, 0.05) is 55.8 Å². The summed E-state index contributed by atoms with van der Waals surface area (Å²) in [5.41, 5.74) is 1.44. The molecule has 0 spiro atoms. The van der Waals surface area contributed by atoms with E-state index in [2.05, 4.69) is 62.2 Å². The van der Waals surface area contributed by atoms with Gasteiger partial charge in [0.1, 0.15) is 0 Å². The maximum absolute atomic E-state index is 3.50. The third kappa shape index (κ3) is 3.42. The van der Waals surface area contributed by atoms with Crippen molar-refractivity contribution in [1.29, 1.82) is 0 Å². The molecule has 1 atom stereocenters. The van der Waals surface area contributed by atoms with Gasteiger partial charge in [-0.1, -0.05) is 28.1 Å². The lowest BCUT2D eigenvalue weighted by Gasteiger charge is -2.44. The lowest BCUT2D eigenvalue weighted by Crippen LogP contribution is -2.62. The number of hydrogen-bond acceptors (Lipinski definition) is 3. The van der Waals surface area contributed by atoms with E-state index in [1.165, 1.54) is 44.8 Å². The van der Waals surface area contributed by atoms with Crippen LogP contribution in [0.2, 0.25) is 0 Å². The molecular formula is C16H24BrN3. The van der Waals surface area contributed by atoms with Crippen LogP contribution in [0, 0.1) is 0 Å². The van der Waals surface area contributed by atoms with Gasteiger partial charge < -0.3 is 5.32 Å². The van der Waals surface area contributed by atoms with Crippen molar-refractivity contribution in [2.75, 3.05) is 39.3 Å². The molecule has 110 valence electrons. The summed E-state index contributed by atoms with van der Waals surface area (Å²) in [7, 11) is 0. The van der Waals surface area contributed by atoms with Gasteiger partial charge in [0.2, 0.25) is 0 Å². The van der Waals surface area contributed by atoms with Crippen LogP contribution in [0.25, 0.3) is 0 Å². The molecule has 1 aromatic carbocycles. The maximum Gasteiger partial charge on any atom is 0.0346 e. The maximum atomic E-state index is 3.50. The van der Waals surface area contributed by atoms with E-state index in [4.69, 9.17) is 0 Å². The third-order valence-electron chi connectivity index (χ3n) is 4.69. The Morgan fingerprint density at radius 2 is 1.80 bits per heavy atom. The minimum Gasteiger partial charge on any atom is -0.314 e. The highest BCUT2D eigenvalue weighted by Gasteiger charge is 2.28. The summed E-state index contributed by atoms with van der Waals surface area (Å²) in [6.45, 7) is 9.64. The summed E-state index contributed by atoms with van der Waals surface area (Å²) in [6, 6.07) is 10.2. The Bertz CT molecular complexity index is 422. The molecule has 20 heavy (non-hydrogen) atoms. The number of benzene rings is 1. The molecule has 0 bridgehead atoms. The van der Waals surface area contributed by atoms with Gasteiger partial charge in [-0.15, -0.1) is 0 Å². The van der Waals surface area contributed by atoms with E-state index in [1.54, 1.807) is 0 Å². The molecule has 0 amide bonds. The van der Waals surface area contributed by atoms with Crippen LogP contribution in [-0.4, -0.2) is 61.2 Å². The van der Waals surface area contributed by atoms with Gasteiger partial charge in [0.15, 0.2) is 0 Å². The van der Waals surface area contributed by atoms with Gasteiger partial charge >= 0.3 is 0 Å².